The van der Waals surface area contributed by atoms with Crippen LogP contribution >= 0.6 is 23.2 Å². The van der Waals surface area contributed by atoms with Crippen LogP contribution in [-0.2, 0) is 22.5 Å². The topological polar surface area (TPSA) is 75.3 Å². The molecule has 0 saturated carbocycles. The van der Waals surface area contributed by atoms with Gasteiger partial charge in [-0.2, -0.15) is 4.68 Å². The molecule has 9 heteroatoms. The SMILES string of the molecule is CCOC(C=C=O)Oc1cc(-n2nc3n(c2=O)CCCC3)c(Cl)cc1Cl. The van der Waals surface area contributed by atoms with Crippen LogP contribution in [0.15, 0.2) is 23.0 Å². The third-order valence-corrected chi connectivity index (χ3v) is 4.58. The van der Waals surface area contributed by atoms with Crippen LogP contribution in [0.5, 0.6) is 5.75 Å². The molecule has 0 fully saturated rings. The van der Waals surface area contributed by atoms with Crippen LogP contribution in [0.2, 0.25) is 10.0 Å². The molecule has 1 aliphatic heterocycles. The molecule has 0 amide bonds. The van der Waals surface area contributed by atoms with E-state index < -0.39 is 6.29 Å². The van der Waals surface area contributed by atoms with E-state index in [4.69, 9.17) is 32.7 Å². The lowest BCUT2D eigenvalue weighted by Crippen LogP contribution is -2.26. The summed E-state index contributed by atoms with van der Waals surface area (Å²) in [5.74, 6) is 2.57. The average molecular weight is 398 g/mol. The largest absolute Gasteiger partial charge is 0.459 e. The minimum Gasteiger partial charge on any atom is -0.459 e. The predicted molar refractivity (Wildman–Crippen MR) is 97.1 cm³/mol. The Balaban J connectivity index is 2.02. The van der Waals surface area contributed by atoms with E-state index in [1.54, 1.807) is 17.4 Å². The number of carbonyl (C=O) groups excluding carboxylic acids is 1. The molecule has 138 valence electrons. The Hall–Kier alpha value is -2.05. The second kappa shape index (κ2) is 8.10. The van der Waals surface area contributed by atoms with Crippen molar-refractivity contribution in [2.75, 3.05) is 6.61 Å². The Bertz CT molecular complexity index is 915. The fourth-order valence-electron chi connectivity index (χ4n) is 2.79. The first-order valence-corrected chi connectivity index (χ1v) is 8.98. The Morgan fingerprint density at radius 3 is 2.85 bits per heavy atom. The molecule has 1 atom stereocenters. The molecule has 0 N–H and O–H groups in total. The first kappa shape index (κ1) is 18.7. The molecule has 0 bridgehead atoms. The summed E-state index contributed by atoms with van der Waals surface area (Å²) in [5, 5.41) is 4.87. The highest BCUT2D eigenvalue weighted by Gasteiger charge is 2.21. The summed E-state index contributed by atoms with van der Waals surface area (Å²) in [7, 11) is 0. The number of benzene rings is 1. The highest BCUT2D eigenvalue weighted by molar-refractivity contribution is 6.36. The zero-order chi connectivity index (χ0) is 18.7. The van der Waals surface area contributed by atoms with E-state index in [0.29, 0.717) is 18.8 Å². The molecule has 1 aromatic heterocycles. The molecule has 26 heavy (non-hydrogen) atoms. The van der Waals surface area contributed by atoms with E-state index in [2.05, 4.69) is 5.10 Å². The summed E-state index contributed by atoms with van der Waals surface area (Å²) in [6.07, 6.45) is 2.82. The van der Waals surface area contributed by atoms with Gasteiger partial charge < -0.3 is 9.47 Å². The van der Waals surface area contributed by atoms with E-state index in [-0.39, 0.29) is 21.5 Å². The summed E-state index contributed by atoms with van der Waals surface area (Å²) in [6.45, 7) is 2.73. The van der Waals surface area contributed by atoms with Gasteiger partial charge in [0, 0.05) is 25.6 Å². The standard InChI is InChI=1S/C17H17Cl2N3O4/c1-2-25-16(6-8-23)26-14-10-13(11(18)9-12(14)19)22-17(24)21-7-4-3-5-15(21)20-22/h6,9-10,16H,2-5,7H2,1H3. The van der Waals surface area contributed by atoms with Crippen molar-refractivity contribution in [3.05, 3.63) is 44.6 Å². The van der Waals surface area contributed by atoms with E-state index >= 15 is 0 Å². The van der Waals surface area contributed by atoms with Gasteiger partial charge >= 0.3 is 5.69 Å². The third-order valence-electron chi connectivity index (χ3n) is 3.98. The van der Waals surface area contributed by atoms with Crippen molar-refractivity contribution in [1.82, 2.24) is 14.3 Å². The molecule has 2 heterocycles. The summed E-state index contributed by atoms with van der Waals surface area (Å²) in [6, 6.07) is 2.97. The molecule has 1 unspecified atom stereocenters. The minimum atomic E-state index is -0.948. The van der Waals surface area contributed by atoms with Gasteiger partial charge in [0.25, 0.3) is 0 Å². The van der Waals surface area contributed by atoms with Gasteiger partial charge in [0.05, 0.1) is 21.8 Å². The predicted octanol–water partition coefficient (Wildman–Crippen LogP) is 2.81. The molecule has 0 radical (unpaired) electrons. The van der Waals surface area contributed by atoms with Crippen LogP contribution in [-0.4, -0.2) is 33.2 Å². The van der Waals surface area contributed by atoms with Crippen LogP contribution in [0.4, 0.5) is 0 Å². The van der Waals surface area contributed by atoms with Gasteiger partial charge in [0.1, 0.15) is 17.5 Å². The normalized spacial score (nSPS) is 14.4. The molecular weight excluding hydrogens is 381 g/mol. The van der Waals surface area contributed by atoms with E-state index in [1.165, 1.54) is 16.8 Å². The summed E-state index contributed by atoms with van der Waals surface area (Å²) >= 11 is 12.5. The maximum absolute atomic E-state index is 12.6. The Morgan fingerprint density at radius 2 is 2.15 bits per heavy atom. The monoisotopic (exact) mass is 397 g/mol. The van der Waals surface area contributed by atoms with E-state index in [9.17, 15) is 9.59 Å². The second-order valence-corrected chi connectivity index (χ2v) is 6.49. The summed E-state index contributed by atoms with van der Waals surface area (Å²) in [5.41, 5.74) is 0.0901. The molecule has 7 nitrogen and oxygen atoms in total. The Labute approximate surface area is 159 Å². The smallest absolute Gasteiger partial charge is 0.350 e. The molecule has 2 aromatic rings. The number of hydrogen-bond donors (Lipinski definition) is 0. The van der Waals surface area contributed by atoms with E-state index in [1.807, 2.05) is 0 Å². The average Bonchev–Trinajstić information content (AvgIpc) is 2.95. The van der Waals surface area contributed by atoms with Crippen LogP contribution in [0.25, 0.3) is 5.69 Å². The lowest BCUT2D eigenvalue weighted by Gasteiger charge is -2.16. The van der Waals surface area contributed by atoms with Crippen molar-refractivity contribution in [3.63, 3.8) is 0 Å². The number of nitrogens with zero attached hydrogens (tertiary/aromatic N) is 3. The number of fused-ring (bicyclic) bond motifs is 1. The van der Waals surface area contributed by atoms with Gasteiger partial charge in [0.15, 0.2) is 0 Å². The fourth-order valence-corrected chi connectivity index (χ4v) is 3.30. The van der Waals surface area contributed by atoms with Crippen molar-refractivity contribution in [3.8, 4) is 11.4 Å². The van der Waals surface area contributed by atoms with Crippen LogP contribution in [0.1, 0.15) is 25.6 Å². The maximum atomic E-state index is 12.6. The van der Waals surface area contributed by atoms with Gasteiger partial charge in [-0.3, -0.25) is 4.57 Å². The maximum Gasteiger partial charge on any atom is 0.350 e. The first-order chi connectivity index (χ1) is 12.5. The van der Waals surface area contributed by atoms with Crippen LogP contribution in [0, 0.1) is 0 Å². The molecule has 1 aliphatic rings. The second-order valence-electron chi connectivity index (χ2n) is 5.68. The molecule has 0 spiro atoms. The third kappa shape index (κ3) is 3.71. The van der Waals surface area contributed by atoms with Crippen molar-refractivity contribution >= 4 is 29.1 Å². The van der Waals surface area contributed by atoms with Crippen molar-refractivity contribution in [2.24, 2.45) is 0 Å². The molecule has 1 aromatic carbocycles. The van der Waals surface area contributed by atoms with Gasteiger partial charge in [-0.15, -0.1) is 5.10 Å². The van der Waals surface area contributed by atoms with Gasteiger partial charge in [0.2, 0.25) is 6.29 Å². The fraction of sp³-hybridized carbons (Fsp3) is 0.412. The van der Waals surface area contributed by atoms with Crippen molar-refractivity contribution < 1.29 is 14.3 Å². The Morgan fingerprint density at radius 1 is 1.35 bits per heavy atom. The quantitative estimate of drug-likeness (QED) is 0.553. The van der Waals surface area contributed by atoms with Crippen LogP contribution in [0.3, 0.4) is 0 Å². The molecular formula is C17H17Cl2N3O4. The number of aryl methyl sites for hydroxylation is 1. The first-order valence-electron chi connectivity index (χ1n) is 8.22. The number of ether oxygens (including phenoxy) is 2. The summed E-state index contributed by atoms with van der Waals surface area (Å²) < 4.78 is 13.8. The van der Waals surface area contributed by atoms with Gasteiger partial charge in [-0.1, -0.05) is 23.2 Å². The van der Waals surface area contributed by atoms with Gasteiger partial charge in [-0.05, 0) is 25.8 Å². The van der Waals surface area contributed by atoms with Gasteiger partial charge in [-0.25, -0.2) is 9.59 Å². The highest BCUT2D eigenvalue weighted by Crippen LogP contribution is 2.33. The van der Waals surface area contributed by atoms with Crippen LogP contribution < -0.4 is 10.4 Å². The highest BCUT2D eigenvalue weighted by atomic mass is 35.5. The number of hydrogen-bond acceptors (Lipinski definition) is 5. The summed E-state index contributed by atoms with van der Waals surface area (Å²) in [4.78, 5) is 23.3. The molecule has 0 aliphatic carbocycles. The molecule has 0 saturated heterocycles. The van der Waals surface area contributed by atoms with Crippen molar-refractivity contribution in [2.45, 2.75) is 39.0 Å². The number of halogens is 2. The van der Waals surface area contributed by atoms with E-state index in [0.717, 1.165) is 31.2 Å². The zero-order valence-electron chi connectivity index (χ0n) is 14.1. The lowest BCUT2D eigenvalue weighted by molar-refractivity contribution is -0.0394. The molecule has 3 rings (SSSR count). The minimum absolute atomic E-state index is 0.217. The lowest BCUT2D eigenvalue weighted by atomic mass is 10.2. The zero-order valence-corrected chi connectivity index (χ0v) is 15.6. The van der Waals surface area contributed by atoms with Crippen molar-refractivity contribution in [1.29, 1.82) is 0 Å². The number of aromatic nitrogens is 3. The Kier molecular flexibility index (Phi) is 5.84. The number of rotatable bonds is 6.